The smallest absolute Gasteiger partial charge is 0.168 e. The summed E-state index contributed by atoms with van der Waals surface area (Å²) in [5.41, 5.74) is 0. The molecular weight excluding hydrogens is 224 g/mol. The van der Waals surface area contributed by atoms with Crippen molar-refractivity contribution >= 4 is 11.6 Å². The molecule has 0 N–H and O–H groups in total. The molecule has 1 atom stereocenters. The molecule has 0 aliphatic heterocycles. The maximum absolute atomic E-state index is 5.97. The van der Waals surface area contributed by atoms with E-state index in [1.165, 1.54) is 32.1 Å². The molecule has 0 aliphatic rings. The predicted molar refractivity (Wildman–Crippen MR) is 65.5 cm³/mol. The highest BCUT2D eigenvalue weighted by atomic mass is 35.5. The molecule has 0 saturated heterocycles. The maximum Gasteiger partial charge on any atom is 0.168 e. The standard InChI is InChI=1S/C11H21ClN4/c1-3-4-5-6-7-8-9-16-11(10(2)12)13-14-15-16/h10H,3-9H2,1-2H3. The fourth-order valence-corrected chi connectivity index (χ4v) is 1.85. The molecule has 5 heteroatoms. The number of rotatable bonds is 8. The summed E-state index contributed by atoms with van der Waals surface area (Å²) in [5, 5.41) is 11.4. The molecule has 1 heterocycles. The summed E-state index contributed by atoms with van der Waals surface area (Å²) in [5.74, 6) is 0.773. The third-order valence-corrected chi connectivity index (χ3v) is 2.83. The Morgan fingerprint density at radius 3 is 2.56 bits per heavy atom. The monoisotopic (exact) mass is 244 g/mol. The van der Waals surface area contributed by atoms with Crippen molar-refractivity contribution in [2.75, 3.05) is 0 Å². The van der Waals surface area contributed by atoms with Crippen molar-refractivity contribution in [3.63, 3.8) is 0 Å². The summed E-state index contributed by atoms with van der Waals surface area (Å²) in [4.78, 5) is 0. The van der Waals surface area contributed by atoms with Crippen LogP contribution in [-0.2, 0) is 6.54 Å². The van der Waals surface area contributed by atoms with Crippen LogP contribution < -0.4 is 0 Å². The van der Waals surface area contributed by atoms with Gasteiger partial charge in [0.1, 0.15) is 0 Å². The lowest BCUT2D eigenvalue weighted by atomic mass is 10.1. The molecule has 0 aliphatic carbocycles. The summed E-state index contributed by atoms with van der Waals surface area (Å²) >= 11 is 5.97. The van der Waals surface area contributed by atoms with Crippen molar-refractivity contribution in [2.24, 2.45) is 0 Å². The number of aromatic nitrogens is 4. The van der Waals surface area contributed by atoms with Crippen LogP contribution in [0.15, 0.2) is 0 Å². The molecule has 0 spiro atoms. The SMILES string of the molecule is CCCCCCCCn1nnnc1C(C)Cl. The Morgan fingerprint density at radius 1 is 1.19 bits per heavy atom. The van der Waals surface area contributed by atoms with Gasteiger partial charge in [-0.3, -0.25) is 0 Å². The van der Waals surface area contributed by atoms with Crippen molar-refractivity contribution < 1.29 is 0 Å². The molecule has 4 nitrogen and oxygen atoms in total. The first-order valence-electron chi connectivity index (χ1n) is 6.15. The van der Waals surface area contributed by atoms with Crippen molar-refractivity contribution in [1.82, 2.24) is 20.2 Å². The molecule has 1 aromatic heterocycles. The first-order chi connectivity index (χ1) is 7.75. The van der Waals surface area contributed by atoms with Gasteiger partial charge in [-0.2, -0.15) is 0 Å². The van der Waals surface area contributed by atoms with Crippen LogP contribution in [0.5, 0.6) is 0 Å². The highest BCUT2D eigenvalue weighted by Crippen LogP contribution is 2.16. The van der Waals surface area contributed by atoms with Crippen molar-refractivity contribution in [3.8, 4) is 0 Å². The van der Waals surface area contributed by atoms with E-state index in [-0.39, 0.29) is 5.38 Å². The third kappa shape index (κ3) is 4.47. The van der Waals surface area contributed by atoms with E-state index in [9.17, 15) is 0 Å². The van der Waals surface area contributed by atoms with Gasteiger partial charge in [0, 0.05) is 6.54 Å². The first kappa shape index (κ1) is 13.4. The number of nitrogens with zero attached hydrogens (tertiary/aromatic N) is 4. The van der Waals surface area contributed by atoms with Crippen LogP contribution in [-0.4, -0.2) is 20.2 Å². The average Bonchev–Trinajstić information content (AvgIpc) is 2.71. The fourth-order valence-electron chi connectivity index (χ4n) is 1.70. The van der Waals surface area contributed by atoms with E-state index >= 15 is 0 Å². The van der Waals surface area contributed by atoms with Gasteiger partial charge < -0.3 is 0 Å². The number of halogens is 1. The van der Waals surface area contributed by atoms with Crippen LogP contribution in [0.1, 0.15) is 63.6 Å². The van der Waals surface area contributed by atoms with E-state index in [1.54, 1.807) is 0 Å². The largest absolute Gasteiger partial charge is 0.228 e. The Hall–Kier alpha value is -0.640. The second-order valence-corrected chi connectivity index (χ2v) is 4.80. The predicted octanol–water partition coefficient (Wildman–Crippen LogP) is 3.33. The van der Waals surface area contributed by atoms with E-state index in [4.69, 9.17) is 11.6 Å². The van der Waals surface area contributed by atoms with E-state index in [1.807, 2.05) is 11.6 Å². The number of hydrogen-bond donors (Lipinski definition) is 0. The van der Waals surface area contributed by atoms with Crippen LogP contribution in [0.3, 0.4) is 0 Å². The average molecular weight is 245 g/mol. The Morgan fingerprint density at radius 2 is 1.88 bits per heavy atom. The van der Waals surface area contributed by atoms with Gasteiger partial charge in [-0.1, -0.05) is 39.0 Å². The molecule has 0 aromatic carbocycles. The summed E-state index contributed by atoms with van der Waals surface area (Å²) in [6.45, 7) is 5.01. The zero-order chi connectivity index (χ0) is 11.8. The minimum atomic E-state index is -0.116. The molecular formula is C11H21ClN4. The number of unbranched alkanes of at least 4 members (excludes halogenated alkanes) is 5. The summed E-state index contributed by atoms with van der Waals surface area (Å²) in [7, 11) is 0. The van der Waals surface area contributed by atoms with Gasteiger partial charge in [-0.15, -0.1) is 16.7 Å². The molecule has 0 saturated carbocycles. The normalized spacial score (nSPS) is 12.9. The number of alkyl halides is 1. The van der Waals surface area contributed by atoms with Gasteiger partial charge in [-0.25, -0.2) is 4.68 Å². The quantitative estimate of drug-likeness (QED) is 0.520. The van der Waals surface area contributed by atoms with Crippen LogP contribution >= 0.6 is 11.6 Å². The minimum Gasteiger partial charge on any atom is -0.228 e. The molecule has 0 fully saturated rings. The summed E-state index contributed by atoms with van der Waals surface area (Å²) in [6.07, 6.45) is 7.66. The van der Waals surface area contributed by atoms with Crippen LogP contribution in [0.4, 0.5) is 0 Å². The highest BCUT2D eigenvalue weighted by molar-refractivity contribution is 6.20. The van der Waals surface area contributed by atoms with Crippen molar-refractivity contribution in [2.45, 2.75) is 64.3 Å². The van der Waals surface area contributed by atoms with Crippen molar-refractivity contribution in [3.05, 3.63) is 5.82 Å². The summed E-state index contributed by atoms with van der Waals surface area (Å²) < 4.78 is 1.82. The molecule has 0 bridgehead atoms. The van der Waals surface area contributed by atoms with Crippen molar-refractivity contribution in [1.29, 1.82) is 0 Å². The van der Waals surface area contributed by atoms with Crippen LogP contribution in [0.25, 0.3) is 0 Å². The molecule has 1 aromatic rings. The molecule has 16 heavy (non-hydrogen) atoms. The van der Waals surface area contributed by atoms with Gasteiger partial charge >= 0.3 is 0 Å². The molecule has 0 radical (unpaired) electrons. The number of hydrogen-bond acceptors (Lipinski definition) is 3. The Kier molecular flexibility index (Phi) is 6.38. The second kappa shape index (κ2) is 7.60. The molecule has 92 valence electrons. The van der Waals surface area contributed by atoms with Gasteiger partial charge in [0.05, 0.1) is 5.38 Å². The molecule has 1 unspecified atom stereocenters. The van der Waals surface area contributed by atoms with Gasteiger partial charge in [0.2, 0.25) is 0 Å². The second-order valence-electron chi connectivity index (χ2n) is 4.14. The summed E-state index contributed by atoms with van der Waals surface area (Å²) in [6, 6.07) is 0. The molecule has 1 rings (SSSR count). The van der Waals surface area contributed by atoms with E-state index in [0.29, 0.717) is 0 Å². The first-order valence-corrected chi connectivity index (χ1v) is 6.59. The van der Waals surface area contributed by atoms with Crippen LogP contribution in [0.2, 0.25) is 0 Å². The molecule has 0 amide bonds. The van der Waals surface area contributed by atoms with E-state index < -0.39 is 0 Å². The third-order valence-electron chi connectivity index (χ3n) is 2.64. The fraction of sp³-hybridized carbons (Fsp3) is 0.909. The Labute approximate surface area is 102 Å². The topological polar surface area (TPSA) is 43.6 Å². The number of aryl methyl sites for hydroxylation is 1. The number of tetrazole rings is 1. The van der Waals surface area contributed by atoms with E-state index in [0.717, 1.165) is 18.8 Å². The Balaban J connectivity index is 2.19. The highest BCUT2D eigenvalue weighted by Gasteiger charge is 2.10. The lowest BCUT2D eigenvalue weighted by Crippen LogP contribution is -2.06. The minimum absolute atomic E-state index is 0.116. The van der Waals surface area contributed by atoms with Gasteiger partial charge in [0.15, 0.2) is 5.82 Å². The lowest BCUT2D eigenvalue weighted by Gasteiger charge is -2.05. The maximum atomic E-state index is 5.97. The van der Waals surface area contributed by atoms with Crippen LogP contribution in [0, 0.1) is 0 Å². The zero-order valence-corrected chi connectivity index (χ0v) is 10.9. The zero-order valence-electron chi connectivity index (χ0n) is 10.2. The van der Waals surface area contributed by atoms with Gasteiger partial charge in [0.25, 0.3) is 0 Å². The lowest BCUT2D eigenvalue weighted by molar-refractivity contribution is 0.503. The van der Waals surface area contributed by atoms with E-state index in [2.05, 4.69) is 22.4 Å². The Bertz CT molecular complexity index is 285. The van der Waals surface area contributed by atoms with Gasteiger partial charge in [-0.05, 0) is 23.8 Å².